The van der Waals surface area contributed by atoms with Gasteiger partial charge in [-0.3, -0.25) is 4.98 Å². The van der Waals surface area contributed by atoms with E-state index in [9.17, 15) is 0 Å². The summed E-state index contributed by atoms with van der Waals surface area (Å²) in [6.45, 7) is 0. The summed E-state index contributed by atoms with van der Waals surface area (Å²) in [5.41, 5.74) is 1.31. The van der Waals surface area contributed by atoms with Crippen molar-refractivity contribution in [3.8, 4) is 5.75 Å². The molecule has 0 amide bonds. The molecule has 0 bridgehead atoms. The summed E-state index contributed by atoms with van der Waals surface area (Å²) < 4.78 is 5.23. The molecule has 0 aromatic carbocycles. The number of rotatable bonds is 2. The second kappa shape index (κ2) is 5.67. The molecule has 0 radical (unpaired) electrons. The smallest absolute Gasteiger partial charge is 0.137 e. The summed E-state index contributed by atoms with van der Waals surface area (Å²) in [6, 6.07) is 2.12. The van der Waals surface area contributed by atoms with Crippen molar-refractivity contribution in [1.82, 2.24) is 4.98 Å². The van der Waals surface area contributed by atoms with Crippen molar-refractivity contribution < 1.29 is 4.74 Å². The lowest BCUT2D eigenvalue weighted by Crippen LogP contribution is -2.11. The highest BCUT2D eigenvalue weighted by Gasteiger charge is 2.23. The number of ether oxygens (including phenoxy) is 1. The van der Waals surface area contributed by atoms with E-state index in [1.54, 1.807) is 13.3 Å². The lowest BCUT2D eigenvalue weighted by atomic mass is 9.93. The standard InChI is InChI=1S/C13H18BrNO/c1-16-11-7-10(8-15-9-11)12-5-3-2-4-6-13(12)14/h7-9,12-13H,2-6H2,1H3. The van der Waals surface area contributed by atoms with E-state index in [2.05, 4.69) is 27.0 Å². The first-order chi connectivity index (χ1) is 7.81. The predicted molar refractivity (Wildman–Crippen MR) is 69.3 cm³/mol. The Kier molecular flexibility index (Phi) is 4.22. The third kappa shape index (κ3) is 2.76. The summed E-state index contributed by atoms with van der Waals surface area (Å²) in [6.07, 6.45) is 10.3. The Morgan fingerprint density at radius 3 is 2.88 bits per heavy atom. The molecule has 0 saturated heterocycles. The van der Waals surface area contributed by atoms with Crippen LogP contribution < -0.4 is 4.74 Å². The summed E-state index contributed by atoms with van der Waals surface area (Å²) in [5, 5.41) is 0. The molecular weight excluding hydrogens is 266 g/mol. The van der Waals surface area contributed by atoms with E-state index in [0.29, 0.717) is 10.7 Å². The highest BCUT2D eigenvalue weighted by Crippen LogP contribution is 2.36. The van der Waals surface area contributed by atoms with E-state index in [-0.39, 0.29) is 0 Å². The van der Waals surface area contributed by atoms with Crippen LogP contribution in [-0.2, 0) is 0 Å². The zero-order valence-electron chi connectivity index (χ0n) is 9.66. The van der Waals surface area contributed by atoms with Crippen molar-refractivity contribution in [3.63, 3.8) is 0 Å². The van der Waals surface area contributed by atoms with Crippen molar-refractivity contribution in [3.05, 3.63) is 24.0 Å². The highest BCUT2D eigenvalue weighted by molar-refractivity contribution is 9.09. The molecule has 0 N–H and O–H groups in total. The molecule has 2 unspecified atom stereocenters. The molecule has 0 spiro atoms. The molecule has 2 rings (SSSR count). The second-order valence-corrected chi connectivity index (χ2v) is 5.59. The van der Waals surface area contributed by atoms with Gasteiger partial charge in [-0.25, -0.2) is 0 Å². The zero-order valence-corrected chi connectivity index (χ0v) is 11.2. The van der Waals surface area contributed by atoms with Crippen molar-refractivity contribution >= 4 is 15.9 Å². The number of pyridine rings is 1. The Labute approximate surface area is 106 Å². The van der Waals surface area contributed by atoms with Crippen molar-refractivity contribution in [1.29, 1.82) is 0 Å². The number of aromatic nitrogens is 1. The summed E-state index contributed by atoms with van der Waals surface area (Å²) in [5.74, 6) is 1.45. The summed E-state index contributed by atoms with van der Waals surface area (Å²) in [7, 11) is 1.69. The molecule has 2 atom stereocenters. The topological polar surface area (TPSA) is 22.1 Å². The van der Waals surface area contributed by atoms with Crippen LogP contribution in [0.3, 0.4) is 0 Å². The molecule has 1 aliphatic rings. The van der Waals surface area contributed by atoms with Gasteiger partial charge in [0.15, 0.2) is 0 Å². The number of nitrogens with zero attached hydrogens (tertiary/aromatic N) is 1. The summed E-state index contributed by atoms with van der Waals surface area (Å²) in [4.78, 5) is 4.84. The average molecular weight is 284 g/mol. The molecule has 3 heteroatoms. The minimum absolute atomic E-state index is 0.587. The van der Waals surface area contributed by atoms with Gasteiger partial charge >= 0.3 is 0 Å². The van der Waals surface area contributed by atoms with Gasteiger partial charge in [-0.2, -0.15) is 0 Å². The maximum absolute atomic E-state index is 5.23. The maximum atomic E-state index is 5.23. The van der Waals surface area contributed by atoms with Gasteiger partial charge in [0.1, 0.15) is 5.75 Å². The van der Waals surface area contributed by atoms with Gasteiger partial charge in [0.2, 0.25) is 0 Å². The fraction of sp³-hybridized carbons (Fsp3) is 0.615. The number of hydrogen-bond acceptors (Lipinski definition) is 2. The minimum atomic E-state index is 0.587. The predicted octanol–water partition coefficient (Wildman–Crippen LogP) is 3.90. The van der Waals surface area contributed by atoms with Crippen LogP contribution in [0.25, 0.3) is 0 Å². The second-order valence-electron chi connectivity index (χ2n) is 4.42. The molecular formula is C13H18BrNO. The zero-order chi connectivity index (χ0) is 11.4. The van der Waals surface area contributed by atoms with Gasteiger partial charge in [0, 0.05) is 11.0 Å². The molecule has 2 nitrogen and oxygen atoms in total. The van der Waals surface area contributed by atoms with E-state index in [4.69, 9.17) is 4.74 Å². The van der Waals surface area contributed by atoms with Crippen molar-refractivity contribution in [2.75, 3.05) is 7.11 Å². The average Bonchev–Trinajstić information content (AvgIpc) is 2.54. The fourth-order valence-corrected chi connectivity index (χ4v) is 3.28. The van der Waals surface area contributed by atoms with Gasteiger partial charge in [-0.15, -0.1) is 0 Å². The number of alkyl halides is 1. The van der Waals surface area contributed by atoms with E-state index >= 15 is 0 Å². The van der Waals surface area contributed by atoms with Crippen LogP contribution in [0.2, 0.25) is 0 Å². The van der Waals surface area contributed by atoms with Crippen LogP contribution in [0.5, 0.6) is 5.75 Å². The van der Waals surface area contributed by atoms with Gasteiger partial charge < -0.3 is 4.74 Å². The van der Waals surface area contributed by atoms with E-state index in [0.717, 1.165) is 5.75 Å². The molecule has 1 heterocycles. The Morgan fingerprint density at radius 1 is 1.25 bits per heavy atom. The monoisotopic (exact) mass is 283 g/mol. The molecule has 16 heavy (non-hydrogen) atoms. The normalized spacial score (nSPS) is 26.1. The Balaban J connectivity index is 2.19. The van der Waals surface area contributed by atoms with Gasteiger partial charge in [0.05, 0.1) is 13.3 Å². The van der Waals surface area contributed by atoms with E-state index in [1.165, 1.54) is 37.7 Å². The SMILES string of the molecule is COc1cncc(C2CCCCCC2Br)c1. The number of halogens is 1. The van der Waals surface area contributed by atoms with Gasteiger partial charge in [-0.1, -0.05) is 35.2 Å². The highest BCUT2D eigenvalue weighted by atomic mass is 79.9. The van der Waals surface area contributed by atoms with Crippen LogP contribution in [0, 0.1) is 0 Å². The first-order valence-corrected chi connectivity index (χ1v) is 6.86. The lowest BCUT2D eigenvalue weighted by molar-refractivity contribution is 0.411. The Bertz CT molecular complexity index is 342. The Morgan fingerprint density at radius 2 is 2.06 bits per heavy atom. The molecule has 1 aromatic heterocycles. The van der Waals surface area contributed by atoms with Crippen LogP contribution in [0.4, 0.5) is 0 Å². The molecule has 1 aliphatic carbocycles. The molecule has 0 aliphatic heterocycles. The lowest BCUT2D eigenvalue weighted by Gasteiger charge is -2.20. The summed E-state index contributed by atoms with van der Waals surface area (Å²) >= 11 is 3.82. The first-order valence-electron chi connectivity index (χ1n) is 5.94. The van der Waals surface area contributed by atoms with Crippen molar-refractivity contribution in [2.24, 2.45) is 0 Å². The fourth-order valence-electron chi connectivity index (χ4n) is 2.39. The minimum Gasteiger partial charge on any atom is -0.495 e. The third-order valence-electron chi connectivity index (χ3n) is 3.33. The first kappa shape index (κ1) is 11.9. The molecule has 1 aromatic rings. The molecule has 88 valence electrons. The largest absolute Gasteiger partial charge is 0.495 e. The van der Waals surface area contributed by atoms with E-state index in [1.807, 2.05) is 6.20 Å². The van der Waals surface area contributed by atoms with Crippen LogP contribution in [0.15, 0.2) is 18.5 Å². The van der Waals surface area contributed by atoms with Crippen LogP contribution in [0.1, 0.15) is 43.6 Å². The van der Waals surface area contributed by atoms with Crippen LogP contribution in [-0.4, -0.2) is 16.9 Å². The number of methoxy groups -OCH3 is 1. The quantitative estimate of drug-likeness (QED) is 0.607. The number of hydrogen-bond donors (Lipinski definition) is 0. The molecule has 1 saturated carbocycles. The Hall–Kier alpha value is -0.570. The molecule has 1 fully saturated rings. The maximum Gasteiger partial charge on any atom is 0.137 e. The van der Waals surface area contributed by atoms with Crippen molar-refractivity contribution in [2.45, 2.75) is 42.8 Å². The van der Waals surface area contributed by atoms with Crippen LogP contribution >= 0.6 is 15.9 Å². The van der Waals surface area contributed by atoms with E-state index < -0.39 is 0 Å². The van der Waals surface area contributed by atoms with Gasteiger partial charge in [0.25, 0.3) is 0 Å². The van der Waals surface area contributed by atoms with Gasteiger partial charge in [-0.05, 0) is 30.4 Å². The third-order valence-corrected chi connectivity index (χ3v) is 4.43.